The van der Waals surface area contributed by atoms with Gasteiger partial charge in [-0.15, -0.1) is 0 Å². The Bertz CT molecular complexity index is 67.7. The minimum atomic E-state index is -0.560. The van der Waals surface area contributed by atoms with E-state index in [0.717, 1.165) is 13.1 Å². The molecule has 0 aliphatic heterocycles. The number of rotatable bonds is 5. The molecular formula is C7H21N3O2. The van der Waals surface area contributed by atoms with Gasteiger partial charge in [-0.05, 0) is 6.92 Å². The second-order valence-electron chi connectivity index (χ2n) is 2.36. The molecule has 12 heavy (non-hydrogen) atoms. The molecule has 1 unspecified atom stereocenters. The van der Waals surface area contributed by atoms with E-state index in [2.05, 4.69) is 5.32 Å². The number of aliphatic hydroxyl groups excluding tert-OH is 2. The van der Waals surface area contributed by atoms with E-state index in [-0.39, 0.29) is 6.61 Å². The van der Waals surface area contributed by atoms with Gasteiger partial charge in [-0.25, -0.2) is 0 Å². The molecule has 0 spiro atoms. The topological polar surface area (TPSA) is 105 Å². The second kappa shape index (κ2) is 13.4. The molecule has 0 aromatic rings. The molecule has 0 heterocycles. The van der Waals surface area contributed by atoms with E-state index in [1.807, 2.05) is 0 Å². The molecule has 0 aromatic heterocycles. The largest absolute Gasteiger partial charge is 0.394 e. The van der Waals surface area contributed by atoms with E-state index < -0.39 is 6.10 Å². The fourth-order valence-corrected chi connectivity index (χ4v) is 0.329. The molecule has 0 aliphatic carbocycles. The fourth-order valence-electron chi connectivity index (χ4n) is 0.329. The summed E-state index contributed by atoms with van der Waals surface area (Å²) in [5, 5.41) is 19.0. The van der Waals surface area contributed by atoms with Crippen molar-refractivity contribution in [3.05, 3.63) is 0 Å². The van der Waals surface area contributed by atoms with E-state index in [0.29, 0.717) is 13.1 Å². The molecule has 5 heteroatoms. The number of hydrogen-bond donors (Lipinski definition) is 5. The van der Waals surface area contributed by atoms with Crippen molar-refractivity contribution in [2.24, 2.45) is 11.5 Å². The highest BCUT2D eigenvalue weighted by Crippen LogP contribution is 1.68. The third kappa shape index (κ3) is 22.6. The first-order valence-electron chi connectivity index (χ1n) is 4.08. The van der Waals surface area contributed by atoms with E-state index in [4.69, 9.17) is 21.7 Å². The Morgan fingerprint density at radius 2 is 1.58 bits per heavy atom. The van der Waals surface area contributed by atoms with Gasteiger partial charge in [0.15, 0.2) is 0 Å². The first kappa shape index (κ1) is 14.3. The van der Waals surface area contributed by atoms with Gasteiger partial charge in [0.25, 0.3) is 0 Å². The van der Waals surface area contributed by atoms with Crippen molar-refractivity contribution in [3.63, 3.8) is 0 Å². The van der Waals surface area contributed by atoms with Crippen LogP contribution in [0.2, 0.25) is 0 Å². The molecule has 0 bridgehead atoms. The summed E-state index contributed by atoms with van der Waals surface area (Å²) < 4.78 is 0. The Hall–Kier alpha value is -0.200. The van der Waals surface area contributed by atoms with E-state index in [1.165, 1.54) is 6.92 Å². The van der Waals surface area contributed by atoms with Gasteiger partial charge >= 0.3 is 0 Å². The highest BCUT2D eigenvalue weighted by Gasteiger charge is 1.83. The van der Waals surface area contributed by atoms with E-state index >= 15 is 0 Å². The zero-order valence-corrected chi connectivity index (χ0v) is 7.66. The number of hydrogen-bond acceptors (Lipinski definition) is 5. The minimum Gasteiger partial charge on any atom is -0.394 e. The van der Waals surface area contributed by atoms with Crippen LogP contribution in [0.4, 0.5) is 0 Å². The highest BCUT2D eigenvalue weighted by atomic mass is 16.3. The predicted molar refractivity (Wildman–Crippen MR) is 49.7 cm³/mol. The van der Waals surface area contributed by atoms with Crippen molar-refractivity contribution < 1.29 is 10.2 Å². The van der Waals surface area contributed by atoms with Gasteiger partial charge in [-0.1, -0.05) is 0 Å². The lowest BCUT2D eigenvalue weighted by molar-refractivity contribution is 0.110. The Kier molecular flexibility index (Phi) is 16.0. The molecule has 0 radical (unpaired) electrons. The van der Waals surface area contributed by atoms with Gasteiger partial charge in [-0.2, -0.15) is 0 Å². The van der Waals surface area contributed by atoms with Gasteiger partial charge in [-0.3, -0.25) is 0 Å². The van der Waals surface area contributed by atoms with E-state index in [1.54, 1.807) is 0 Å². The number of nitrogens with one attached hydrogen (secondary N) is 1. The molecule has 0 rings (SSSR count). The lowest BCUT2D eigenvalue weighted by atomic mass is 10.5. The van der Waals surface area contributed by atoms with Gasteiger partial charge in [0.1, 0.15) is 0 Å². The summed E-state index contributed by atoms with van der Waals surface area (Å²) in [4.78, 5) is 0. The van der Waals surface area contributed by atoms with Crippen LogP contribution >= 0.6 is 0 Å². The van der Waals surface area contributed by atoms with Crippen molar-refractivity contribution in [1.29, 1.82) is 0 Å². The molecule has 0 fully saturated rings. The second-order valence-corrected chi connectivity index (χ2v) is 2.36. The molecular weight excluding hydrogens is 158 g/mol. The first-order valence-corrected chi connectivity index (χ1v) is 4.08. The van der Waals surface area contributed by atoms with Gasteiger partial charge < -0.3 is 27.0 Å². The van der Waals surface area contributed by atoms with Crippen LogP contribution in [0, 0.1) is 0 Å². The van der Waals surface area contributed by atoms with Crippen LogP contribution in [0.5, 0.6) is 0 Å². The first-order chi connectivity index (χ1) is 5.68. The van der Waals surface area contributed by atoms with Crippen molar-refractivity contribution in [2.45, 2.75) is 13.0 Å². The molecule has 1 atom stereocenters. The van der Waals surface area contributed by atoms with Crippen LogP contribution in [-0.2, 0) is 0 Å². The lowest BCUT2D eigenvalue weighted by Crippen LogP contribution is -2.27. The SMILES string of the molecule is CC(O)CO.NCCNCCN. The predicted octanol–water partition coefficient (Wildman–Crippen LogP) is -2.15. The average molecular weight is 179 g/mol. The normalized spacial score (nSPS) is 11.8. The van der Waals surface area contributed by atoms with Crippen LogP contribution in [-0.4, -0.2) is 49.1 Å². The molecule has 0 aromatic carbocycles. The fraction of sp³-hybridized carbons (Fsp3) is 1.00. The molecule has 7 N–H and O–H groups in total. The number of aliphatic hydroxyl groups is 2. The summed E-state index contributed by atoms with van der Waals surface area (Å²) in [5.41, 5.74) is 10.3. The van der Waals surface area contributed by atoms with Crippen molar-refractivity contribution in [2.75, 3.05) is 32.8 Å². The average Bonchev–Trinajstić information content (AvgIpc) is 2.07. The highest BCUT2D eigenvalue weighted by molar-refractivity contribution is 4.45. The molecule has 5 nitrogen and oxygen atoms in total. The smallest absolute Gasteiger partial charge is 0.0742 e. The maximum absolute atomic E-state index is 8.11. The maximum atomic E-state index is 8.11. The Balaban J connectivity index is 0. The third-order valence-corrected chi connectivity index (χ3v) is 0.906. The van der Waals surface area contributed by atoms with Crippen LogP contribution in [0.1, 0.15) is 6.92 Å². The van der Waals surface area contributed by atoms with Crippen LogP contribution in [0.15, 0.2) is 0 Å². The maximum Gasteiger partial charge on any atom is 0.0742 e. The molecule has 0 aliphatic rings. The zero-order valence-electron chi connectivity index (χ0n) is 7.66. The summed E-state index contributed by atoms with van der Waals surface area (Å²) in [6.07, 6.45) is -0.560. The minimum absolute atomic E-state index is 0.139. The quantitative estimate of drug-likeness (QED) is 0.310. The third-order valence-electron chi connectivity index (χ3n) is 0.906. The van der Waals surface area contributed by atoms with Crippen LogP contribution < -0.4 is 16.8 Å². The van der Waals surface area contributed by atoms with Crippen molar-refractivity contribution in [3.8, 4) is 0 Å². The van der Waals surface area contributed by atoms with Crippen molar-refractivity contribution in [1.82, 2.24) is 5.32 Å². The summed E-state index contributed by atoms with van der Waals surface area (Å²) in [7, 11) is 0. The van der Waals surface area contributed by atoms with Gasteiger partial charge in [0.05, 0.1) is 12.7 Å². The molecule has 0 saturated carbocycles. The summed E-state index contributed by atoms with van der Waals surface area (Å²) in [6, 6.07) is 0. The van der Waals surface area contributed by atoms with Crippen molar-refractivity contribution >= 4 is 0 Å². The Labute approximate surface area is 73.8 Å². The molecule has 0 saturated heterocycles. The van der Waals surface area contributed by atoms with Gasteiger partial charge in [0, 0.05) is 26.2 Å². The summed E-state index contributed by atoms with van der Waals surface area (Å²) in [5.74, 6) is 0. The van der Waals surface area contributed by atoms with Crippen LogP contribution in [0.25, 0.3) is 0 Å². The molecule has 76 valence electrons. The molecule has 0 amide bonds. The van der Waals surface area contributed by atoms with E-state index in [9.17, 15) is 0 Å². The summed E-state index contributed by atoms with van der Waals surface area (Å²) >= 11 is 0. The standard InChI is InChI=1S/C4H13N3.C3H8O2/c5-1-3-7-4-2-6;1-3(5)2-4/h7H,1-6H2;3-5H,2H2,1H3. The summed E-state index contributed by atoms with van der Waals surface area (Å²) in [6.45, 7) is 4.52. The zero-order chi connectivity index (χ0) is 9.82. The lowest BCUT2D eigenvalue weighted by Gasteiger charge is -1.95. The van der Waals surface area contributed by atoms with Gasteiger partial charge in [0.2, 0.25) is 0 Å². The Morgan fingerprint density at radius 1 is 1.25 bits per heavy atom. The Morgan fingerprint density at radius 3 is 1.75 bits per heavy atom. The number of nitrogens with two attached hydrogens (primary N) is 2. The monoisotopic (exact) mass is 179 g/mol. The van der Waals surface area contributed by atoms with Crippen LogP contribution in [0.3, 0.4) is 0 Å².